The van der Waals surface area contributed by atoms with Crippen LogP contribution < -0.4 is 5.32 Å². The van der Waals surface area contributed by atoms with Crippen molar-refractivity contribution in [3.63, 3.8) is 0 Å². The average Bonchev–Trinajstić information content (AvgIpc) is 2.76. The van der Waals surface area contributed by atoms with E-state index in [1.54, 1.807) is 4.90 Å². The fourth-order valence-electron chi connectivity index (χ4n) is 1.57. The molecule has 0 unspecified atom stereocenters. The fraction of sp³-hybridized carbons (Fsp3) is 0.643. The van der Waals surface area contributed by atoms with Crippen molar-refractivity contribution in [2.75, 3.05) is 18.4 Å². The molecule has 1 aromatic rings. The second-order valence-corrected chi connectivity index (χ2v) is 6.45. The maximum absolute atomic E-state index is 12.0. The van der Waals surface area contributed by atoms with Gasteiger partial charge in [0, 0.05) is 23.9 Å². The number of rotatable bonds is 5. The van der Waals surface area contributed by atoms with Crippen LogP contribution in [0.3, 0.4) is 0 Å². The number of carbonyl (C=O) groups excluding carboxylic acids is 2. The van der Waals surface area contributed by atoms with E-state index in [1.165, 1.54) is 11.3 Å². The Morgan fingerprint density at radius 2 is 1.90 bits per heavy atom. The fourth-order valence-corrected chi connectivity index (χ4v) is 2.28. The highest BCUT2D eigenvalue weighted by Gasteiger charge is 2.22. The van der Waals surface area contributed by atoms with Crippen molar-refractivity contribution in [1.82, 2.24) is 9.88 Å². The monoisotopic (exact) mass is 297 g/mol. The molecule has 0 fully saturated rings. The van der Waals surface area contributed by atoms with Gasteiger partial charge in [-0.25, -0.2) is 4.98 Å². The van der Waals surface area contributed by atoms with Crippen molar-refractivity contribution in [2.24, 2.45) is 5.41 Å². The summed E-state index contributed by atoms with van der Waals surface area (Å²) in [4.78, 5) is 29.9. The van der Waals surface area contributed by atoms with Crippen molar-refractivity contribution >= 4 is 28.3 Å². The Balaban J connectivity index is 2.64. The third kappa shape index (κ3) is 4.59. The molecule has 2 amide bonds. The van der Waals surface area contributed by atoms with Gasteiger partial charge in [-0.15, -0.1) is 11.3 Å². The summed E-state index contributed by atoms with van der Waals surface area (Å²) in [6.07, 6.45) is 0.281. The van der Waals surface area contributed by atoms with Crippen LogP contribution in [0.5, 0.6) is 0 Å². The molecular weight excluding hydrogens is 274 g/mol. The van der Waals surface area contributed by atoms with Crippen molar-refractivity contribution in [3.05, 3.63) is 11.1 Å². The number of hydrogen-bond acceptors (Lipinski definition) is 4. The van der Waals surface area contributed by atoms with E-state index in [4.69, 9.17) is 0 Å². The number of amides is 2. The van der Waals surface area contributed by atoms with Gasteiger partial charge in [0.15, 0.2) is 5.13 Å². The third-order valence-corrected chi connectivity index (χ3v) is 3.71. The molecule has 1 N–H and O–H groups in total. The molecule has 20 heavy (non-hydrogen) atoms. The number of thiazole rings is 1. The summed E-state index contributed by atoms with van der Waals surface area (Å²) in [5, 5.41) is 5.14. The molecule has 0 aliphatic rings. The predicted octanol–water partition coefficient (Wildman–Crippen LogP) is 2.54. The normalized spacial score (nSPS) is 11.2. The maximum Gasteiger partial charge on any atom is 0.231 e. The summed E-state index contributed by atoms with van der Waals surface area (Å²) in [7, 11) is 0. The first kappa shape index (κ1) is 16.6. The van der Waals surface area contributed by atoms with E-state index in [2.05, 4.69) is 10.3 Å². The van der Waals surface area contributed by atoms with Crippen molar-refractivity contribution in [2.45, 2.75) is 41.0 Å². The second-order valence-electron chi connectivity index (χ2n) is 5.59. The number of anilines is 1. The standard InChI is InChI=1S/C14H23N3O2S/c1-6-17(7-2)11(18)8-10-9-20-13(15-10)16-12(19)14(3,4)5/h9H,6-8H2,1-5H3,(H,15,16,19). The topological polar surface area (TPSA) is 62.3 Å². The van der Waals surface area contributed by atoms with E-state index in [9.17, 15) is 9.59 Å². The molecule has 1 rings (SSSR count). The Morgan fingerprint density at radius 1 is 1.30 bits per heavy atom. The van der Waals surface area contributed by atoms with Crippen LogP contribution in [0.25, 0.3) is 0 Å². The summed E-state index contributed by atoms with van der Waals surface area (Å²) in [5.41, 5.74) is 0.249. The number of nitrogens with one attached hydrogen (secondary N) is 1. The molecule has 5 nitrogen and oxygen atoms in total. The lowest BCUT2D eigenvalue weighted by Crippen LogP contribution is -2.31. The molecule has 0 aliphatic heterocycles. The van der Waals surface area contributed by atoms with Crippen LogP contribution in [-0.2, 0) is 16.0 Å². The van der Waals surface area contributed by atoms with Gasteiger partial charge in [0.05, 0.1) is 12.1 Å². The highest BCUT2D eigenvalue weighted by atomic mass is 32.1. The number of carbonyl (C=O) groups is 2. The van der Waals surface area contributed by atoms with Crippen LogP contribution in [0.15, 0.2) is 5.38 Å². The van der Waals surface area contributed by atoms with Gasteiger partial charge >= 0.3 is 0 Å². The molecular formula is C14H23N3O2S. The van der Waals surface area contributed by atoms with Gasteiger partial charge in [0.1, 0.15) is 0 Å². The minimum absolute atomic E-state index is 0.0639. The molecule has 1 aromatic heterocycles. The third-order valence-electron chi connectivity index (χ3n) is 2.90. The Kier molecular flexibility index (Phi) is 5.68. The quantitative estimate of drug-likeness (QED) is 0.908. The Labute approximate surface area is 124 Å². The summed E-state index contributed by atoms with van der Waals surface area (Å²) in [5.74, 6) is -0.0116. The lowest BCUT2D eigenvalue weighted by atomic mass is 9.96. The molecule has 0 bridgehead atoms. The second kappa shape index (κ2) is 6.83. The summed E-state index contributed by atoms with van der Waals surface area (Å²) in [6.45, 7) is 10.9. The Hall–Kier alpha value is -1.43. The van der Waals surface area contributed by atoms with Crippen molar-refractivity contribution in [3.8, 4) is 0 Å². The molecule has 0 spiro atoms. The van der Waals surface area contributed by atoms with Crippen LogP contribution in [-0.4, -0.2) is 34.8 Å². The molecule has 112 valence electrons. The van der Waals surface area contributed by atoms with Crippen LogP contribution in [0, 0.1) is 5.41 Å². The minimum Gasteiger partial charge on any atom is -0.343 e. The number of aromatic nitrogens is 1. The van der Waals surface area contributed by atoms with Crippen LogP contribution >= 0.6 is 11.3 Å². The first-order valence-electron chi connectivity index (χ1n) is 6.81. The molecule has 0 atom stereocenters. The maximum atomic E-state index is 12.0. The molecule has 1 heterocycles. The van der Waals surface area contributed by atoms with Gasteiger partial charge in [-0.05, 0) is 13.8 Å². The van der Waals surface area contributed by atoms with E-state index in [0.29, 0.717) is 23.9 Å². The highest BCUT2D eigenvalue weighted by Crippen LogP contribution is 2.20. The lowest BCUT2D eigenvalue weighted by molar-refractivity contribution is -0.130. The van der Waals surface area contributed by atoms with Gasteiger partial charge in [-0.3, -0.25) is 9.59 Å². The van der Waals surface area contributed by atoms with Gasteiger partial charge in [0.2, 0.25) is 11.8 Å². The minimum atomic E-state index is -0.455. The highest BCUT2D eigenvalue weighted by molar-refractivity contribution is 7.13. The SMILES string of the molecule is CCN(CC)C(=O)Cc1csc(NC(=O)C(C)(C)C)n1. The van der Waals surface area contributed by atoms with Gasteiger partial charge in [0.25, 0.3) is 0 Å². The molecule has 6 heteroatoms. The lowest BCUT2D eigenvalue weighted by Gasteiger charge is -2.17. The zero-order valence-electron chi connectivity index (χ0n) is 12.8. The summed E-state index contributed by atoms with van der Waals surface area (Å²) < 4.78 is 0. The number of hydrogen-bond donors (Lipinski definition) is 1. The van der Waals surface area contributed by atoms with Gasteiger partial charge in [-0.1, -0.05) is 20.8 Å². The van der Waals surface area contributed by atoms with Crippen molar-refractivity contribution < 1.29 is 9.59 Å². The molecule has 0 saturated heterocycles. The Bertz CT molecular complexity index is 473. The van der Waals surface area contributed by atoms with E-state index in [1.807, 2.05) is 40.0 Å². The largest absolute Gasteiger partial charge is 0.343 e. The van der Waals surface area contributed by atoms with E-state index in [-0.39, 0.29) is 18.2 Å². The Morgan fingerprint density at radius 3 is 2.40 bits per heavy atom. The van der Waals surface area contributed by atoms with Crippen LogP contribution in [0.4, 0.5) is 5.13 Å². The first-order valence-corrected chi connectivity index (χ1v) is 7.69. The zero-order valence-corrected chi connectivity index (χ0v) is 13.6. The summed E-state index contributed by atoms with van der Waals surface area (Å²) >= 11 is 1.35. The van der Waals surface area contributed by atoms with E-state index in [0.717, 1.165) is 0 Å². The van der Waals surface area contributed by atoms with Crippen LogP contribution in [0.2, 0.25) is 0 Å². The predicted molar refractivity (Wildman–Crippen MR) is 81.8 cm³/mol. The zero-order chi connectivity index (χ0) is 15.3. The summed E-state index contributed by atoms with van der Waals surface area (Å²) in [6, 6.07) is 0. The van der Waals surface area contributed by atoms with Crippen molar-refractivity contribution in [1.29, 1.82) is 0 Å². The number of nitrogens with zero attached hydrogens (tertiary/aromatic N) is 2. The van der Waals surface area contributed by atoms with Gasteiger partial charge < -0.3 is 10.2 Å². The molecule has 0 aromatic carbocycles. The smallest absolute Gasteiger partial charge is 0.231 e. The first-order chi connectivity index (χ1) is 9.27. The van der Waals surface area contributed by atoms with E-state index >= 15 is 0 Å². The molecule has 0 aliphatic carbocycles. The van der Waals surface area contributed by atoms with Gasteiger partial charge in [-0.2, -0.15) is 0 Å². The van der Waals surface area contributed by atoms with Crippen LogP contribution in [0.1, 0.15) is 40.3 Å². The average molecular weight is 297 g/mol. The molecule has 0 radical (unpaired) electrons. The molecule has 0 saturated carbocycles. The number of likely N-dealkylation sites (N-methyl/N-ethyl adjacent to an activating group) is 1. The van der Waals surface area contributed by atoms with E-state index < -0.39 is 5.41 Å².